The fourth-order valence-corrected chi connectivity index (χ4v) is 1.49. The number of nitrogens with two attached hydrogens (primary N) is 1. The summed E-state index contributed by atoms with van der Waals surface area (Å²) in [6.07, 6.45) is 0. The number of carbonyl (C=O) groups is 1. The number of rotatable bonds is 6. The van der Waals surface area contributed by atoms with Crippen molar-refractivity contribution in [2.45, 2.75) is 0 Å². The van der Waals surface area contributed by atoms with Crippen LogP contribution in [0.3, 0.4) is 0 Å². The molecule has 0 aliphatic heterocycles. The molecule has 94 valence electrons. The first-order chi connectivity index (χ1) is 8.22. The summed E-state index contributed by atoms with van der Waals surface area (Å²) < 4.78 is 6.26. The lowest BCUT2D eigenvalue weighted by Gasteiger charge is -2.07. The summed E-state index contributed by atoms with van der Waals surface area (Å²) in [7, 11) is 0. The lowest BCUT2D eigenvalue weighted by atomic mass is 10.3. The maximum Gasteiger partial charge on any atom is 0.319 e. The molecule has 0 atom stereocenters. The molecule has 0 aliphatic carbocycles. The van der Waals surface area contributed by atoms with Crippen molar-refractivity contribution in [3.63, 3.8) is 0 Å². The van der Waals surface area contributed by atoms with Crippen LogP contribution < -0.4 is 16.4 Å². The number of anilines is 1. The summed E-state index contributed by atoms with van der Waals surface area (Å²) in [4.78, 5) is 11.4. The zero-order valence-electron chi connectivity index (χ0n) is 9.41. The molecule has 0 radical (unpaired) electrons. The molecule has 0 heterocycles. The van der Waals surface area contributed by atoms with Gasteiger partial charge in [-0.2, -0.15) is 0 Å². The van der Waals surface area contributed by atoms with Crippen LogP contribution in [0.5, 0.6) is 0 Å². The number of benzene rings is 1. The monoisotopic (exact) mass is 349 g/mol. The van der Waals surface area contributed by atoms with Gasteiger partial charge < -0.3 is 21.1 Å². The summed E-state index contributed by atoms with van der Waals surface area (Å²) in [6, 6.07) is 7.34. The zero-order chi connectivity index (χ0) is 12.5. The molecular formula is C11H16IN3O2. The number of hydrogen-bond donors (Lipinski definition) is 3. The number of nitrogens with one attached hydrogen (secondary N) is 2. The lowest BCUT2D eigenvalue weighted by Crippen LogP contribution is -2.31. The van der Waals surface area contributed by atoms with Crippen LogP contribution in [-0.4, -0.2) is 32.3 Å². The van der Waals surface area contributed by atoms with Gasteiger partial charge in [0.05, 0.1) is 13.2 Å². The second-order valence-electron chi connectivity index (χ2n) is 3.29. The molecule has 0 spiro atoms. The normalized spacial score (nSPS) is 10.0. The van der Waals surface area contributed by atoms with Crippen LogP contribution in [-0.2, 0) is 4.74 Å². The van der Waals surface area contributed by atoms with Gasteiger partial charge in [-0.25, -0.2) is 4.79 Å². The van der Waals surface area contributed by atoms with Crippen molar-refractivity contribution in [3.05, 3.63) is 27.8 Å². The minimum Gasteiger partial charge on any atom is -0.378 e. The van der Waals surface area contributed by atoms with Gasteiger partial charge in [0, 0.05) is 22.3 Å². The Morgan fingerprint density at radius 1 is 1.29 bits per heavy atom. The van der Waals surface area contributed by atoms with E-state index in [2.05, 4.69) is 33.2 Å². The van der Waals surface area contributed by atoms with E-state index in [-0.39, 0.29) is 6.03 Å². The number of amides is 2. The number of urea groups is 1. The highest BCUT2D eigenvalue weighted by atomic mass is 127. The Labute approximate surface area is 114 Å². The Bertz CT molecular complexity index is 343. The van der Waals surface area contributed by atoms with Gasteiger partial charge in [0.15, 0.2) is 0 Å². The second-order valence-corrected chi connectivity index (χ2v) is 4.53. The van der Waals surface area contributed by atoms with E-state index in [0.717, 1.165) is 9.26 Å². The highest BCUT2D eigenvalue weighted by Gasteiger charge is 2.00. The van der Waals surface area contributed by atoms with E-state index in [1.807, 2.05) is 24.3 Å². The van der Waals surface area contributed by atoms with Gasteiger partial charge >= 0.3 is 6.03 Å². The molecule has 0 bridgehead atoms. The van der Waals surface area contributed by atoms with Crippen molar-refractivity contribution in [1.29, 1.82) is 0 Å². The molecule has 1 aromatic carbocycles. The molecule has 17 heavy (non-hydrogen) atoms. The van der Waals surface area contributed by atoms with E-state index >= 15 is 0 Å². The van der Waals surface area contributed by atoms with Gasteiger partial charge in [-0.1, -0.05) is 0 Å². The van der Waals surface area contributed by atoms with E-state index in [1.54, 1.807) is 0 Å². The molecule has 0 saturated heterocycles. The topological polar surface area (TPSA) is 76.4 Å². The third-order valence-corrected chi connectivity index (χ3v) is 2.62. The SMILES string of the molecule is NCCOCCNC(=O)Nc1ccc(I)cc1. The summed E-state index contributed by atoms with van der Waals surface area (Å²) >= 11 is 2.21. The van der Waals surface area contributed by atoms with E-state index in [0.29, 0.717) is 26.3 Å². The summed E-state index contributed by atoms with van der Waals surface area (Å²) in [5.41, 5.74) is 6.03. The minimum absolute atomic E-state index is 0.234. The Morgan fingerprint density at radius 2 is 2.00 bits per heavy atom. The Kier molecular flexibility index (Phi) is 6.90. The van der Waals surface area contributed by atoms with Crippen LogP contribution in [0.4, 0.5) is 10.5 Å². The third-order valence-electron chi connectivity index (χ3n) is 1.90. The van der Waals surface area contributed by atoms with Gasteiger partial charge in [0.2, 0.25) is 0 Å². The highest BCUT2D eigenvalue weighted by Crippen LogP contribution is 2.10. The molecule has 4 N–H and O–H groups in total. The highest BCUT2D eigenvalue weighted by molar-refractivity contribution is 14.1. The molecule has 0 aliphatic rings. The second kappa shape index (κ2) is 8.26. The van der Waals surface area contributed by atoms with Crippen molar-refractivity contribution in [2.24, 2.45) is 5.73 Å². The van der Waals surface area contributed by atoms with Gasteiger partial charge in [0.25, 0.3) is 0 Å². The summed E-state index contributed by atoms with van der Waals surface area (Å²) in [5, 5.41) is 5.41. The average Bonchev–Trinajstić information content (AvgIpc) is 2.32. The maximum absolute atomic E-state index is 11.4. The predicted molar refractivity (Wildman–Crippen MR) is 76.1 cm³/mol. The summed E-state index contributed by atoms with van der Waals surface area (Å²) in [6.45, 7) is 1.95. The molecule has 1 aromatic rings. The Morgan fingerprint density at radius 3 is 2.65 bits per heavy atom. The third kappa shape index (κ3) is 6.44. The predicted octanol–water partition coefficient (Wildman–Crippen LogP) is 1.39. The van der Waals surface area contributed by atoms with E-state index in [1.165, 1.54) is 0 Å². The van der Waals surface area contributed by atoms with Gasteiger partial charge in [-0.05, 0) is 46.9 Å². The van der Waals surface area contributed by atoms with Crippen LogP contribution in [0.1, 0.15) is 0 Å². The van der Waals surface area contributed by atoms with Crippen molar-refractivity contribution in [1.82, 2.24) is 5.32 Å². The van der Waals surface area contributed by atoms with Crippen LogP contribution >= 0.6 is 22.6 Å². The van der Waals surface area contributed by atoms with Crippen LogP contribution in [0, 0.1) is 3.57 Å². The van der Waals surface area contributed by atoms with Crippen molar-refractivity contribution in [3.8, 4) is 0 Å². The number of ether oxygens (including phenoxy) is 1. The first-order valence-corrected chi connectivity index (χ1v) is 6.38. The van der Waals surface area contributed by atoms with E-state index in [4.69, 9.17) is 10.5 Å². The van der Waals surface area contributed by atoms with E-state index < -0.39 is 0 Å². The van der Waals surface area contributed by atoms with E-state index in [9.17, 15) is 4.79 Å². The van der Waals surface area contributed by atoms with Crippen LogP contribution in [0.2, 0.25) is 0 Å². The number of carbonyl (C=O) groups excluding carboxylic acids is 1. The number of halogens is 1. The maximum atomic E-state index is 11.4. The Balaban J connectivity index is 2.18. The molecule has 0 aromatic heterocycles. The Hall–Kier alpha value is -0.860. The molecule has 2 amide bonds. The van der Waals surface area contributed by atoms with Crippen molar-refractivity contribution < 1.29 is 9.53 Å². The standard InChI is InChI=1S/C11H16IN3O2/c12-9-1-3-10(4-2-9)15-11(16)14-6-8-17-7-5-13/h1-4H,5-8,13H2,(H2,14,15,16). The molecule has 0 unspecified atom stereocenters. The molecule has 6 heteroatoms. The average molecular weight is 349 g/mol. The molecule has 0 saturated carbocycles. The van der Waals surface area contributed by atoms with Crippen LogP contribution in [0.25, 0.3) is 0 Å². The number of hydrogen-bond acceptors (Lipinski definition) is 3. The molecule has 1 rings (SSSR count). The zero-order valence-corrected chi connectivity index (χ0v) is 11.6. The lowest BCUT2D eigenvalue weighted by molar-refractivity contribution is 0.144. The van der Waals surface area contributed by atoms with Gasteiger partial charge in [0.1, 0.15) is 0 Å². The van der Waals surface area contributed by atoms with Crippen LogP contribution in [0.15, 0.2) is 24.3 Å². The quantitative estimate of drug-likeness (QED) is 0.537. The summed E-state index contributed by atoms with van der Waals surface area (Å²) in [5.74, 6) is 0. The molecule has 5 nitrogen and oxygen atoms in total. The first-order valence-electron chi connectivity index (χ1n) is 5.30. The van der Waals surface area contributed by atoms with Gasteiger partial charge in [-0.15, -0.1) is 0 Å². The largest absolute Gasteiger partial charge is 0.378 e. The fourth-order valence-electron chi connectivity index (χ4n) is 1.13. The minimum atomic E-state index is -0.234. The smallest absolute Gasteiger partial charge is 0.319 e. The first kappa shape index (κ1) is 14.2. The molecule has 0 fully saturated rings. The van der Waals surface area contributed by atoms with Crippen molar-refractivity contribution in [2.75, 3.05) is 31.6 Å². The van der Waals surface area contributed by atoms with Gasteiger partial charge in [-0.3, -0.25) is 0 Å². The van der Waals surface area contributed by atoms with Crippen molar-refractivity contribution >= 4 is 34.3 Å². The molecular weight excluding hydrogens is 333 g/mol. The fraction of sp³-hybridized carbons (Fsp3) is 0.364.